The van der Waals surface area contributed by atoms with E-state index in [9.17, 15) is 0 Å². The molecule has 2 nitrogen and oxygen atoms in total. The fourth-order valence-electron chi connectivity index (χ4n) is 1.47. The molecule has 0 aliphatic rings. The van der Waals surface area contributed by atoms with Crippen molar-refractivity contribution in [2.75, 3.05) is 6.54 Å². The van der Waals surface area contributed by atoms with E-state index in [-0.39, 0.29) is 6.04 Å². The first-order valence-corrected chi connectivity index (χ1v) is 5.81. The van der Waals surface area contributed by atoms with Crippen LogP contribution in [0.25, 0.3) is 0 Å². The molecule has 1 atom stereocenters. The lowest BCUT2D eigenvalue weighted by Gasteiger charge is -2.13. The minimum Gasteiger partial charge on any atom is -0.330 e. The van der Waals surface area contributed by atoms with Gasteiger partial charge in [-0.05, 0) is 37.1 Å². The smallest absolute Gasteiger partial charge is 0.0468 e. The number of nitrogens with two attached hydrogens (primary N) is 2. The average Bonchev–Trinajstić information content (AvgIpc) is 2.17. The molecule has 84 valence electrons. The average molecular weight is 247 g/mol. The summed E-state index contributed by atoms with van der Waals surface area (Å²) in [6.07, 6.45) is 2.92. The van der Waals surface area contributed by atoms with Crippen molar-refractivity contribution in [1.29, 1.82) is 0 Å². The highest BCUT2D eigenvalue weighted by atomic mass is 35.5. The largest absolute Gasteiger partial charge is 0.330 e. The molecule has 1 aromatic rings. The van der Waals surface area contributed by atoms with Crippen LogP contribution < -0.4 is 11.5 Å². The number of halogens is 2. The Hall–Kier alpha value is -0.280. The third-order valence-corrected chi connectivity index (χ3v) is 2.89. The second-order valence-corrected chi connectivity index (χ2v) is 4.40. The highest BCUT2D eigenvalue weighted by Gasteiger charge is 2.09. The second-order valence-electron chi connectivity index (χ2n) is 3.56. The van der Waals surface area contributed by atoms with E-state index in [0.29, 0.717) is 16.6 Å². The zero-order valence-electron chi connectivity index (χ0n) is 8.55. The van der Waals surface area contributed by atoms with E-state index in [2.05, 4.69) is 0 Å². The number of hydrogen-bond acceptors (Lipinski definition) is 2. The minimum atomic E-state index is -0.0266. The topological polar surface area (TPSA) is 52.0 Å². The summed E-state index contributed by atoms with van der Waals surface area (Å²) in [6.45, 7) is 0.709. The van der Waals surface area contributed by atoms with Crippen LogP contribution in [0.3, 0.4) is 0 Å². The molecule has 1 rings (SSSR count). The van der Waals surface area contributed by atoms with Crippen molar-refractivity contribution in [3.63, 3.8) is 0 Å². The van der Waals surface area contributed by atoms with Gasteiger partial charge in [-0.2, -0.15) is 0 Å². The van der Waals surface area contributed by atoms with Gasteiger partial charge in [-0.15, -0.1) is 0 Å². The number of rotatable bonds is 5. The predicted molar refractivity (Wildman–Crippen MR) is 66.3 cm³/mol. The van der Waals surface area contributed by atoms with Crippen LogP contribution in [0.15, 0.2) is 18.2 Å². The Morgan fingerprint density at radius 2 is 1.93 bits per heavy atom. The summed E-state index contributed by atoms with van der Waals surface area (Å²) in [5, 5.41) is 1.28. The van der Waals surface area contributed by atoms with Crippen LogP contribution >= 0.6 is 23.2 Å². The molecule has 0 aliphatic carbocycles. The molecular weight excluding hydrogens is 231 g/mol. The summed E-state index contributed by atoms with van der Waals surface area (Å²) in [5.41, 5.74) is 12.4. The Bertz CT molecular complexity index is 315. The molecule has 15 heavy (non-hydrogen) atoms. The van der Waals surface area contributed by atoms with Gasteiger partial charge in [0.05, 0.1) is 0 Å². The van der Waals surface area contributed by atoms with Gasteiger partial charge in [-0.25, -0.2) is 0 Å². The van der Waals surface area contributed by atoms with Gasteiger partial charge in [-0.1, -0.05) is 35.7 Å². The summed E-state index contributed by atoms with van der Waals surface area (Å²) >= 11 is 11.9. The van der Waals surface area contributed by atoms with E-state index in [0.717, 1.165) is 24.8 Å². The van der Waals surface area contributed by atoms with Crippen molar-refractivity contribution in [2.45, 2.75) is 25.3 Å². The van der Waals surface area contributed by atoms with Crippen molar-refractivity contribution in [2.24, 2.45) is 11.5 Å². The predicted octanol–water partition coefficient (Wildman–Crippen LogP) is 3.12. The van der Waals surface area contributed by atoms with Gasteiger partial charge in [0.2, 0.25) is 0 Å². The van der Waals surface area contributed by atoms with Gasteiger partial charge in [0.1, 0.15) is 0 Å². The number of hydrogen-bond donors (Lipinski definition) is 2. The monoisotopic (exact) mass is 246 g/mol. The molecule has 1 aromatic carbocycles. The van der Waals surface area contributed by atoms with Crippen LogP contribution in [-0.4, -0.2) is 6.54 Å². The standard InChI is InChI=1S/C11H16Cl2N2/c12-8-4-5-9(10(13)7-8)11(15)3-1-2-6-14/h4-5,7,11H,1-3,6,14-15H2/t11-/m1/s1. The van der Waals surface area contributed by atoms with E-state index in [1.54, 1.807) is 6.07 Å². The normalized spacial score (nSPS) is 12.8. The SMILES string of the molecule is NCCCC[C@@H](N)c1ccc(Cl)cc1Cl. The summed E-state index contributed by atoms with van der Waals surface area (Å²) in [5.74, 6) is 0. The molecule has 0 saturated carbocycles. The summed E-state index contributed by atoms with van der Waals surface area (Å²) < 4.78 is 0. The van der Waals surface area contributed by atoms with E-state index in [1.165, 1.54) is 0 Å². The Morgan fingerprint density at radius 3 is 2.53 bits per heavy atom. The molecule has 4 heteroatoms. The first-order chi connectivity index (χ1) is 7.15. The molecule has 4 N–H and O–H groups in total. The zero-order chi connectivity index (χ0) is 11.3. The lowest BCUT2D eigenvalue weighted by atomic mass is 10.0. The van der Waals surface area contributed by atoms with Crippen molar-refractivity contribution in [3.05, 3.63) is 33.8 Å². The van der Waals surface area contributed by atoms with Crippen molar-refractivity contribution < 1.29 is 0 Å². The Balaban J connectivity index is 2.61. The first kappa shape index (κ1) is 12.8. The third-order valence-electron chi connectivity index (χ3n) is 2.33. The number of unbranched alkanes of at least 4 members (excludes halogenated alkanes) is 1. The van der Waals surface area contributed by atoms with Gasteiger partial charge in [0, 0.05) is 16.1 Å². The van der Waals surface area contributed by atoms with Crippen molar-refractivity contribution >= 4 is 23.2 Å². The van der Waals surface area contributed by atoms with Crippen LogP contribution in [0, 0.1) is 0 Å². The van der Waals surface area contributed by atoms with Gasteiger partial charge >= 0.3 is 0 Å². The minimum absolute atomic E-state index is 0.0266. The van der Waals surface area contributed by atoms with Crippen molar-refractivity contribution in [3.8, 4) is 0 Å². The summed E-state index contributed by atoms with van der Waals surface area (Å²) in [6, 6.07) is 5.39. The summed E-state index contributed by atoms with van der Waals surface area (Å²) in [7, 11) is 0. The molecular formula is C11H16Cl2N2. The Labute approximate surface area is 101 Å². The molecule has 0 unspecified atom stereocenters. The highest BCUT2D eigenvalue weighted by Crippen LogP contribution is 2.27. The highest BCUT2D eigenvalue weighted by molar-refractivity contribution is 6.35. The molecule has 0 aromatic heterocycles. The van der Waals surface area contributed by atoms with E-state index < -0.39 is 0 Å². The fraction of sp³-hybridized carbons (Fsp3) is 0.455. The van der Waals surface area contributed by atoms with E-state index >= 15 is 0 Å². The molecule has 0 bridgehead atoms. The molecule has 0 spiro atoms. The third kappa shape index (κ3) is 3.99. The quantitative estimate of drug-likeness (QED) is 0.785. The fourth-order valence-corrected chi connectivity index (χ4v) is 2.01. The maximum atomic E-state index is 6.05. The molecule has 0 radical (unpaired) electrons. The maximum Gasteiger partial charge on any atom is 0.0468 e. The van der Waals surface area contributed by atoms with Gasteiger partial charge in [-0.3, -0.25) is 0 Å². The van der Waals surface area contributed by atoms with Crippen LogP contribution in [0.1, 0.15) is 30.9 Å². The van der Waals surface area contributed by atoms with Crippen LogP contribution in [0.5, 0.6) is 0 Å². The van der Waals surface area contributed by atoms with Gasteiger partial charge < -0.3 is 11.5 Å². The lowest BCUT2D eigenvalue weighted by Crippen LogP contribution is -2.11. The molecule has 0 amide bonds. The molecule has 0 saturated heterocycles. The van der Waals surface area contributed by atoms with Gasteiger partial charge in [0.25, 0.3) is 0 Å². The van der Waals surface area contributed by atoms with Crippen LogP contribution in [0.4, 0.5) is 0 Å². The zero-order valence-corrected chi connectivity index (χ0v) is 10.1. The second kappa shape index (κ2) is 6.33. The van der Waals surface area contributed by atoms with Gasteiger partial charge in [0.15, 0.2) is 0 Å². The van der Waals surface area contributed by atoms with Crippen LogP contribution in [-0.2, 0) is 0 Å². The molecule has 0 aliphatic heterocycles. The first-order valence-electron chi connectivity index (χ1n) is 5.05. The Morgan fingerprint density at radius 1 is 1.20 bits per heavy atom. The maximum absolute atomic E-state index is 6.05. The van der Waals surface area contributed by atoms with Crippen LogP contribution in [0.2, 0.25) is 10.0 Å². The molecule has 0 fully saturated rings. The van der Waals surface area contributed by atoms with Crippen molar-refractivity contribution in [1.82, 2.24) is 0 Å². The Kier molecular flexibility index (Phi) is 5.40. The molecule has 0 heterocycles. The summed E-state index contributed by atoms with van der Waals surface area (Å²) in [4.78, 5) is 0. The van der Waals surface area contributed by atoms with E-state index in [4.69, 9.17) is 34.7 Å². The van der Waals surface area contributed by atoms with E-state index in [1.807, 2.05) is 12.1 Å². The lowest BCUT2D eigenvalue weighted by molar-refractivity contribution is 0.591. The number of benzene rings is 1.